The number of carbonyl (C=O) groups excluding carboxylic acids is 4. The maximum atomic E-state index is 14.4. The van der Waals surface area contributed by atoms with E-state index in [9.17, 15) is 36.4 Å². The van der Waals surface area contributed by atoms with Gasteiger partial charge in [0.25, 0.3) is 0 Å². The SMILES string of the molecule is C#CCN(C[C@H]1[C@H](OC(=O)NCc2ccccc2F)[C@H](OC(=O)NCc2ccccc2F)C[C@H]2C(=O)N(c3ccccc3)C(=O)[C@@H]12)S(=O)(=O)c1ccc(C)cc1. The number of alkyl carbamates (subject to hydrolysis) is 2. The summed E-state index contributed by atoms with van der Waals surface area (Å²) >= 11 is 0. The number of ether oxygens (including phenoxy) is 2. The highest BCUT2D eigenvalue weighted by Gasteiger charge is 2.60. The minimum absolute atomic E-state index is 0.106. The van der Waals surface area contributed by atoms with E-state index in [0.717, 1.165) is 14.8 Å². The number of halogens is 2. The van der Waals surface area contributed by atoms with E-state index in [1.54, 1.807) is 61.5 Å². The molecule has 4 aromatic rings. The van der Waals surface area contributed by atoms with Gasteiger partial charge in [-0.3, -0.25) is 14.5 Å². The Morgan fingerprint density at radius 1 is 0.821 bits per heavy atom. The van der Waals surface area contributed by atoms with Crippen molar-refractivity contribution in [2.45, 2.75) is 43.5 Å². The van der Waals surface area contributed by atoms with Gasteiger partial charge in [-0.2, -0.15) is 4.31 Å². The van der Waals surface area contributed by atoms with Crippen LogP contribution in [0.3, 0.4) is 0 Å². The minimum Gasteiger partial charge on any atom is -0.442 e. The highest BCUT2D eigenvalue weighted by molar-refractivity contribution is 7.89. The van der Waals surface area contributed by atoms with E-state index in [-0.39, 0.29) is 41.2 Å². The smallest absolute Gasteiger partial charge is 0.407 e. The topological polar surface area (TPSA) is 151 Å². The number of para-hydroxylation sites is 1. The third kappa shape index (κ3) is 8.56. The molecule has 6 rings (SSSR count). The van der Waals surface area contributed by atoms with Gasteiger partial charge in [0.05, 0.1) is 29.0 Å². The number of sulfonamides is 1. The number of imide groups is 1. The van der Waals surface area contributed by atoms with Crippen LogP contribution in [0.15, 0.2) is 108 Å². The van der Waals surface area contributed by atoms with Gasteiger partial charge in [0.1, 0.15) is 23.8 Å². The first-order valence-electron chi connectivity index (χ1n) is 17.7. The Labute approximate surface area is 322 Å². The van der Waals surface area contributed by atoms with Crippen LogP contribution in [0.4, 0.5) is 24.1 Å². The Balaban J connectivity index is 1.39. The number of aryl methyl sites for hydroxylation is 1. The summed E-state index contributed by atoms with van der Waals surface area (Å²) in [5, 5.41) is 4.92. The molecule has 2 fully saturated rings. The van der Waals surface area contributed by atoms with Crippen molar-refractivity contribution in [3.8, 4) is 12.3 Å². The molecule has 2 N–H and O–H groups in total. The molecule has 15 heteroatoms. The van der Waals surface area contributed by atoms with E-state index in [0.29, 0.717) is 0 Å². The van der Waals surface area contributed by atoms with Gasteiger partial charge in [0.15, 0.2) is 0 Å². The molecule has 12 nitrogen and oxygen atoms in total. The van der Waals surface area contributed by atoms with Gasteiger partial charge in [-0.25, -0.2) is 26.8 Å². The monoisotopic (exact) mass is 784 g/mol. The molecule has 0 unspecified atom stereocenters. The fraction of sp³-hybridized carbons (Fsp3) is 0.268. The number of carbonyl (C=O) groups is 4. The predicted octanol–water partition coefficient (Wildman–Crippen LogP) is 5.31. The Hall–Kier alpha value is -6.11. The quantitative estimate of drug-likeness (QED) is 0.145. The van der Waals surface area contributed by atoms with Crippen LogP contribution in [0.1, 0.15) is 23.1 Å². The van der Waals surface area contributed by atoms with E-state index in [1.807, 2.05) is 0 Å². The lowest BCUT2D eigenvalue weighted by atomic mass is 9.70. The van der Waals surface area contributed by atoms with Crippen LogP contribution in [0.5, 0.6) is 0 Å². The summed E-state index contributed by atoms with van der Waals surface area (Å²) < 4.78 is 69.8. The number of hydrogen-bond acceptors (Lipinski definition) is 8. The molecular formula is C41H38F2N4O8S. The number of amides is 4. The number of terminal acetylenes is 1. The van der Waals surface area contributed by atoms with Crippen molar-refractivity contribution < 1.29 is 45.9 Å². The van der Waals surface area contributed by atoms with Crippen LogP contribution in [-0.4, -0.2) is 62.0 Å². The van der Waals surface area contributed by atoms with Crippen molar-refractivity contribution in [1.29, 1.82) is 0 Å². The molecule has 4 aromatic carbocycles. The normalized spacial score (nSPS) is 20.6. The summed E-state index contributed by atoms with van der Waals surface area (Å²) in [6, 6.07) is 25.5. The lowest BCUT2D eigenvalue weighted by Gasteiger charge is -2.42. The zero-order valence-corrected chi connectivity index (χ0v) is 31.0. The molecule has 1 heterocycles. The molecule has 0 bridgehead atoms. The third-order valence-corrected chi connectivity index (χ3v) is 11.7. The van der Waals surface area contributed by atoms with Crippen molar-refractivity contribution in [2.75, 3.05) is 18.0 Å². The Bertz CT molecular complexity index is 2250. The molecule has 1 saturated carbocycles. The number of anilines is 1. The molecule has 1 aliphatic heterocycles. The fourth-order valence-electron chi connectivity index (χ4n) is 7.08. The van der Waals surface area contributed by atoms with Crippen LogP contribution in [0.25, 0.3) is 0 Å². The van der Waals surface area contributed by atoms with Gasteiger partial charge in [0.2, 0.25) is 21.8 Å². The second-order valence-corrected chi connectivity index (χ2v) is 15.3. The highest BCUT2D eigenvalue weighted by Crippen LogP contribution is 2.46. The summed E-state index contributed by atoms with van der Waals surface area (Å²) in [6.07, 6.45) is 0.191. The standard InChI is InChI=1S/C41H38F2N4O8S/c1-3-21-46(56(52,53)30-19-17-26(2)18-20-30)25-32-36-31(38(48)47(39(36)49)29-13-5-4-6-14-29)22-35(54-40(50)44-23-27-11-7-9-15-33(27)42)37(32)55-41(51)45-24-28-12-8-10-16-34(28)43/h1,4-20,31-32,35-37H,21-25H2,2H3,(H,44,50)(H,45,51)/t31-,32-,35-,36-,37+/m1/s1. The Morgan fingerprint density at radius 2 is 1.38 bits per heavy atom. The van der Waals surface area contributed by atoms with Crippen molar-refractivity contribution in [3.05, 3.63) is 131 Å². The number of rotatable bonds is 12. The van der Waals surface area contributed by atoms with Gasteiger partial charge >= 0.3 is 12.2 Å². The molecule has 0 aromatic heterocycles. The Morgan fingerprint density at radius 3 is 1.95 bits per heavy atom. The lowest BCUT2D eigenvalue weighted by molar-refractivity contribution is -0.137. The average Bonchev–Trinajstić information content (AvgIpc) is 3.43. The minimum atomic E-state index is -4.36. The summed E-state index contributed by atoms with van der Waals surface area (Å²) in [4.78, 5) is 56.3. The first kappa shape index (κ1) is 39.6. The summed E-state index contributed by atoms with van der Waals surface area (Å²) in [7, 11) is -4.36. The van der Waals surface area contributed by atoms with Crippen LogP contribution in [0.2, 0.25) is 0 Å². The van der Waals surface area contributed by atoms with Crippen LogP contribution in [0, 0.1) is 48.7 Å². The van der Waals surface area contributed by atoms with Gasteiger partial charge < -0.3 is 20.1 Å². The number of hydrogen-bond donors (Lipinski definition) is 2. The van der Waals surface area contributed by atoms with E-state index >= 15 is 0 Å². The van der Waals surface area contributed by atoms with Crippen LogP contribution in [-0.2, 0) is 42.2 Å². The van der Waals surface area contributed by atoms with E-state index in [2.05, 4.69) is 16.6 Å². The molecule has 4 amide bonds. The molecule has 2 aliphatic rings. The van der Waals surface area contributed by atoms with E-state index in [4.69, 9.17) is 15.9 Å². The van der Waals surface area contributed by atoms with Crippen LogP contribution >= 0.6 is 0 Å². The average molecular weight is 785 g/mol. The molecule has 1 saturated heterocycles. The molecule has 0 spiro atoms. The first-order valence-corrected chi connectivity index (χ1v) is 19.1. The number of nitrogens with one attached hydrogen (secondary N) is 2. The zero-order chi connectivity index (χ0) is 40.0. The van der Waals surface area contributed by atoms with Crippen molar-refractivity contribution >= 4 is 39.7 Å². The van der Waals surface area contributed by atoms with Gasteiger partial charge in [0, 0.05) is 43.1 Å². The summed E-state index contributed by atoms with van der Waals surface area (Å²) in [6.45, 7) is 0.158. The van der Waals surface area contributed by atoms with Crippen molar-refractivity contribution in [3.63, 3.8) is 0 Å². The molecule has 0 radical (unpaired) electrons. The zero-order valence-electron chi connectivity index (χ0n) is 30.1. The molecule has 290 valence electrons. The largest absolute Gasteiger partial charge is 0.442 e. The van der Waals surface area contributed by atoms with Crippen molar-refractivity contribution in [1.82, 2.24) is 14.9 Å². The molecule has 1 aliphatic carbocycles. The molecular weight excluding hydrogens is 747 g/mol. The summed E-state index contributed by atoms with van der Waals surface area (Å²) in [5.41, 5.74) is 1.32. The molecule has 5 atom stereocenters. The second kappa shape index (κ2) is 17.1. The molecule has 56 heavy (non-hydrogen) atoms. The lowest BCUT2D eigenvalue weighted by Crippen LogP contribution is -2.56. The van der Waals surface area contributed by atoms with Gasteiger partial charge in [-0.1, -0.05) is 78.2 Å². The fourth-order valence-corrected chi connectivity index (χ4v) is 8.47. The first-order chi connectivity index (χ1) is 26.9. The van der Waals surface area contributed by atoms with Crippen LogP contribution < -0.4 is 15.5 Å². The van der Waals surface area contributed by atoms with Crippen molar-refractivity contribution in [2.24, 2.45) is 17.8 Å². The van der Waals surface area contributed by atoms with Gasteiger partial charge in [-0.05, 0) is 43.3 Å². The predicted molar refractivity (Wildman–Crippen MR) is 200 cm³/mol. The maximum absolute atomic E-state index is 14.4. The second-order valence-electron chi connectivity index (χ2n) is 13.4. The maximum Gasteiger partial charge on any atom is 0.407 e. The van der Waals surface area contributed by atoms with E-state index < -0.39 is 88.7 Å². The number of nitrogens with zero attached hydrogens (tertiary/aromatic N) is 2. The number of benzene rings is 4. The Kier molecular flexibility index (Phi) is 12.1. The number of fused-ring (bicyclic) bond motifs is 1. The summed E-state index contributed by atoms with van der Waals surface area (Å²) in [5.74, 6) is -3.92. The highest BCUT2D eigenvalue weighted by atomic mass is 32.2. The van der Waals surface area contributed by atoms with E-state index in [1.165, 1.54) is 48.5 Å². The van der Waals surface area contributed by atoms with Gasteiger partial charge in [-0.15, -0.1) is 6.42 Å². The third-order valence-electron chi connectivity index (χ3n) is 9.83.